The molecule has 0 aromatic heterocycles. The van der Waals surface area contributed by atoms with Crippen molar-refractivity contribution in [3.63, 3.8) is 0 Å². The Kier molecular flexibility index (Phi) is 1.93. The van der Waals surface area contributed by atoms with Crippen LogP contribution >= 0.6 is 0 Å². The molecule has 0 unspecified atom stereocenters. The summed E-state index contributed by atoms with van der Waals surface area (Å²) < 4.78 is 5.76. The van der Waals surface area contributed by atoms with Crippen LogP contribution in [0.4, 0.5) is 5.69 Å². The molecular formula is C15H13N3O. The van der Waals surface area contributed by atoms with Crippen LogP contribution in [0.2, 0.25) is 0 Å². The SMILES string of the molecule is C[C@@]1(c2ccccc2)NN=C2Oc3ccccc3N21. The lowest BCUT2D eigenvalue weighted by atomic mass is 10.0. The van der Waals surface area contributed by atoms with E-state index in [4.69, 9.17) is 4.74 Å². The second-order valence-corrected chi connectivity index (χ2v) is 4.85. The number of benzene rings is 2. The molecule has 0 bridgehead atoms. The molecule has 94 valence electrons. The Morgan fingerprint density at radius 1 is 1.05 bits per heavy atom. The van der Waals surface area contributed by atoms with Gasteiger partial charge in [-0.05, 0) is 24.6 Å². The van der Waals surface area contributed by atoms with Crippen molar-refractivity contribution in [2.75, 3.05) is 4.90 Å². The van der Waals surface area contributed by atoms with E-state index in [1.54, 1.807) is 0 Å². The average molecular weight is 251 g/mol. The summed E-state index contributed by atoms with van der Waals surface area (Å²) in [6.45, 7) is 2.10. The molecule has 0 saturated heterocycles. The molecule has 4 nitrogen and oxygen atoms in total. The predicted octanol–water partition coefficient (Wildman–Crippen LogP) is 2.63. The lowest BCUT2D eigenvalue weighted by Gasteiger charge is -2.33. The topological polar surface area (TPSA) is 36.9 Å². The summed E-state index contributed by atoms with van der Waals surface area (Å²) in [6, 6.07) is 18.8. The third-order valence-corrected chi connectivity index (χ3v) is 3.65. The lowest BCUT2D eigenvalue weighted by Crippen LogP contribution is -2.48. The lowest BCUT2D eigenvalue weighted by molar-refractivity contribution is 0.422. The molecule has 1 N–H and O–H groups in total. The van der Waals surface area contributed by atoms with Crippen molar-refractivity contribution in [3.8, 4) is 5.75 Å². The first-order valence-electron chi connectivity index (χ1n) is 6.26. The van der Waals surface area contributed by atoms with E-state index in [1.165, 1.54) is 0 Å². The average Bonchev–Trinajstić information content (AvgIpc) is 2.99. The van der Waals surface area contributed by atoms with Gasteiger partial charge in [-0.3, -0.25) is 10.3 Å². The third-order valence-electron chi connectivity index (χ3n) is 3.65. The minimum Gasteiger partial charge on any atom is -0.422 e. The molecule has 0 aliphatic carbocycles. The number of nitrogens with zero attached hydrogens (tertiary/aromatic N) is 2. The highest BCUT2D eigenvalue weighted by atomic mass is 16.5. The van der Waals surface area contributed by atoms with Crippen LogP contribution in [0.5, 0.6) is 5.75 Å². The molecule has 2 aliphatic rings. The van der Waals surface area contributed by atoms with Gasteiger partial charge < -0.3 is 4.74 Å². The standard InChI is InChI=1S/C15H13N3O/c1-15(11-7-3-2-4-8-11)17-16-14-18(15)12-9-5-6-10-13(12)19-14/h2-10,17H,1H3/t15-/m1/s1. The summed E-state index contributed by atoms with van der Waals surface area (Å²) in [5, 5.41) is 4.31. The maximum Gasteiger partial charge on any atom is 0.321 e. The minimum absolute atomic E-state index is 0.413. The van der Waals surface area contributed by atoms with Gasteiger partial charge in [0.2, 0.25) is 0 Å². The number of anilines is 1. The van der Waals surface area contributed by atoms with Crippen molar-refractivity contribution in [2.24, 2.45) is 5.10 Å². The number of hydrogen-bond acceptors (Lipinski definition) is 4. The van der Waals surface area contributed by atoms with E-state index >= 15 is 0 Å². The van der Waals surface area contributed by atoms with E-state index in [0.29, 0.717) is 6.02 Å². The van der Waals surface area contributed by atoms with Crippen molar-refractivity contribution < 1.29 is 4.74 Å². The Bertz CT molecular complexity index is 668. The van der Waals surface area contributed by atoms with E-state index in [0.717, 1.165) is 17.0 Å². The maximum atomic E-state index is 5.76. The van der Waals surface area contributed by atoms with Crippen molar-refractivity contribution in [3.05, 3.63) is 60.2 Å². The largest absolute Gasteiger partial charge is 0.422 e. The molecule has 2 aliphatic heterocycles. The molecule has 4 heteroatoms. The molecule has 4 rings (SSSR count). The molecule has 0 saturated carbocycles. The molecular weight excluding hydrogens is 238 g/mol. The Morgan fingerprint density at radius 2 is 1.79 bits per heavy atom. The Morgan fingerprint density at radius 3 is 2.63 bits per heavy atom. The number of rotatable bonds is 1. The zero-order valence-electron chi connectivity index (χ0n) is 10.5. The van der Waals surface area contributed by atoms with Crippen LogP contribution in [-0.4, -0.2) is 6.02 Å². The number of hydrogen-bond donors (Lipinski definition) is 1. The number of para-hydroxylation sites is 2. The highest BCUT2D eigenvalue weighted by molar-refractivity contribution is 6.02. The van der Waals surface area contributed by atoms with Gasteiger partial charge in [-0.2, -0.15) is 0 Å². The van der Waals surface area contributed by atoms with E-state index in [1.807, 2.05) is 42.5 Å². The van der Waals surface area contributed by atoms with E-state index in [9.17, 15) is 0 Å². The quantitative estimate of drug-likeness (QED) is 0.846. The maximum absolute atomic E-state index is 5.76. The van der Waals surface area contributed by atoms with Gasteiger partial charge in [0, 0.05) is 0 Å². The van der Waals surface area contributed by atoms with Crippen LogP contribution < -0.4 is 15.1 Å². The van der Waals surface area contributed by atoms with Gasteiger partial charge in [-0.25, -0.2) is 0 Å². The summed E-state index contributed by atoms with van der Waals surface area (Å²) in [4.78, 5) is 2.09. The second-order valence-electron chi connectivity index (χ2n) is 4.85. The normalized spacial score (nSPS) is 23.2. The van der Waals surface area contributed by atoms with Gasteiger partial charge in [-0.1, -0.05) is 42.5 Å². The van der Waals surface area contributed by atoms with Crippen molar-refractivity contribution in [1.29, 1.82) is 0 Å². The van der Waals surface area contributed by atoms with E-state index in [-0.39, 0.29) is 0 Å². The van der Waals surface area contributed by atoms with E-state index in [2.05, 4.69) is 34.5 Å². The van der Waals surface area contributed by atoms with Crippen molar-refractivity contribution in [2.45, 2.75) is 12.6 Å². The summed E-state index contributed by atoms with van der Waals surface area (Å²) in [6.07, 6.45) is 0. The zero-order chi connectivity index (χ0) is 12.9. The number of fused-ring (bicyclic) bond motifs is 3. The van der Waals surface area contributed by atoms with Gasteiger partial charge in [0.05, 0.1) is 5.69 Å². The fourth-order valence-electron chi connectivity index (χ4n) is 2.64. The van der Waals surface area contributed by atoms with Crippen LogP contribution in [0.1, 0.15) is 12.5 Å². The van der Waals surface area contributed by atoms with Gasteiger partial charge in [0.25, 0.3) is 0 Å². The third kappa shape index (κ3) is 1.31. The molecule has 19 heavy (non-hydrogen) atoms. The predicted molar refractivity (Wildman–Crippen MR) is 73.9 cm³/mol. The molecule has 0 amide bonds. The summed E-state index contributed by atoms with van der Waals surface area (Å²) in [5.41, 5.74) is 4.95. The number of nitrogens with one attached hydrogen (secondary N) is 1. The summed E-state index contributed by atoms with van der Waals surface area (Å²) >= 11 is 0. The summed E-state index contributed by atoms with van der Waals surface area (Å²) in [7, 11) is 0. The first-order chi connectivity index (χ1) is 9.29. The van der Waals surface area contributed by atoms with Gasteiger partial charge in [0.15, 0.2) is 11.4 Å². The minimum atomic E-state index is -0.413. The molecule has 2 aromatic rings. The number of ether oxygens (including phenoxy) is 1. The molecule has 0 spiro atoms. The first kappa shape index (κ1) is 10.4. The van der Waals surface area contributed by atoms with Gasteiger partial charge in [-0.15, -0.1) is 5.10 Å². The van der Waals surface area contributed by atoms with Gasteiger partial charge >= 0.3 is 6.02 Å². The molecule has 0 fully saturated rings. The van der Waals surface area contributed by atoms with Crippen LogP contribution in [0.15, 0.2) is 59.7 Å². The van der Waals surface area contributed by atoms with Crippen molar-refractivity contribution >= 4 is 11.7 Å². The van der Waals surface area contributed by atoms with E-state index < -0.39 is 5.66 Å². The number of amidine groups is 1. The van der Waals surface area contributed by atoms with Crippen molar-refractivity contribution in [1.82, 2.24) is 5.43 Å². The zero-order valence-corrected chi connectivity index (χ0v) is 10.5. The number of hydrazone groups is 1. The molecule has 2 heterocycles. The summed E-state index contributed by atoms with van der Waals surface area (Å²) in [5.74, 6) is 0.852. The monoisotopic (exact) mass is 251 g/mol. The Hall–Kier alpha value is -2.49. The van der Waals surface area contributed by atoms with Crippen LogP contribution in [0, 0.1) is 0 Å². The fraction of sp³-hybridized carbons (Fsp3) is 0.133. The van der Waals surface area contributed by atoms with Crippen LogP contribution in [0.3, 0.4) is 0 Å². The van der Waals surface area contributed by atoms with Crippen LogP contribution in [0.25, 0.3) is 0 Å². The fourth-order valence-corrected chi connectivity index (χ4v) is 2.64. The smallest absolute Gasteiger partial charge is 0.321 e. The first-order valence-corrected chi connectivity index (χ1v) is 6.26. The van der Waals surface area contributed by atoms with Crippen LogP contribution in [-0.2, 0) is 5.66 Å². The molecule has 1 atom stereocenters. The Balaban J connectivity index is 1.86. The Labute approximate surface area is 111 Å². The second kappa shape index (κ2) is 3.51. The van der Waals surface area contributed by atoms with Gasteiger partial charge in [0.1, 0.15) is 0 Å². The highest BCUT2D eigenvalue weighted by Gasteiger charge is 2.47. The molecule has 0 radical (unpaired) electrons. The molecule has 2 aromatic carbocycles. The highest BCUT2D eigenvalue weighted by Crippen LogP contribution is 2.43.